The lowest BCUT2D eigenvalue weighted by Crippen LogP contribution is -2.08. The van der Waals surface area contributed by atoms with E-state index in [1.165, 1.54) is 0 Å². The number of phenols is 1. The molecule has 12 heavy (non-hydrogen) atoms. The molecule has 0 radical (unpaired) electrons. The third-order valence-electron chi connectivity index (χ3n) is 1.94. The van der Waals surface area contributed by atoms with Gasteiger partial charge in [-0.3, -0.25) is 0 Å². The minimum Gasteiger partial charge on any atom is -0.508 e. The lowest BCUT2D eigenvalue weighted by atomic mass is 10.0. The van der Waals surface area contributed by atoms with Crippen LogP contribution >= 0.6 is 0 Å². The fourth-order valence-electron chi connectivity index (χ4n) is 1.33. The van der Waals surface area contributed by atoms with Gasteiger partial charge in [0.25, 0.3) is 0 Å². The molecule has 0 aliphatic heterocycles. The fraction of sp³-hybridized carbons (Fsp3) is 0.333. The molecule has 1 aromatic carbocycles. The summed E-state index contributed by atoms with van der Waals surface area (Å²) in [6.45, 7) is 4.22. The highest BCUT2D eigenvalue weighted by molar-refractivity contribution is 5.40. The molecule has 3 heteroatoms. The molecule has 0 aliphatic carbocycles. The highest BCUT2D eigenvalue weighted by atomic mass is 16.5. The predicted molar refractivity (Wildman–Crippen MR) is 46.2 cm³/mol. The van der Waals surface area contributed by atoms with Gasteiger partial charge in [0.05, 0.1) is 0 Å². The van der Waals surface area contributed by atoms with Crippen LogP contribution in [-0.2, 0) is 6.54 Å². The average Bonchev–Trinajstić information content (AvgIpc) is 1.96. The minimum atomic E-state index is 0.270. The van der Waals surface area contributed by atoms with E-state index in [0.29, 0.717) is 6.54 Å². The van der Waals surface area contributed by atoms with Crippen molar-refractivity contribution in [1.82, 2.24) is 5.48 Å². The van der Waals surface area contributed by atoms with Crippen molar-refractivity contribution in [3.05, 3.63) is 28.8 Å². The number of hydroxylamine groups is 1. The summed E-state index contributed by atoms with van der Waals surface area (Å²) in [5, 5.41) is 17.7. The quantitative estimate of drug-likeness (QED) is 0.585. The number of aromatic hydroxyl groups is 1. The Morgan fingerprint density at radius 1 is 1.25 bits per heavy atom. The van der Waals surface area contributed by atoms with E-state index in [1.54, 1.807) is 12.1 Å². The lowest BCUT2D eigenvalue weighted by Gasteiger charge is -2.08. The van der Waals surface area contributed by atoms with Crippen molar-refractivity contribution in [1.29, 1.82) is 0 Å². The second kappa shape index (κ2) is 3.56. The third kappa shape index (κ3) is 1.75. The van der Waals surface area contributed by atoms with Crippen molar-refractivity contribution < 1.29 is 10.3 Å². The Kier molecular flexibility index (Phi) is 2.68. The first-order valence-corrected chi connectivity index (χ1v) is 3.81. The number of aryl methyl sites for hydroxylation is 2. The smallest absolute Gasteiger partial charge is 0.116 e. The van der Waals surface area contributed by atoms with Gasteiger partial charge in [-0.25, -0.2) is 5.48 Å². The molecule has 0 saturated carbocycles. The summed E-state index contributed by atoms with van der Waals surface area (Å²) in [5.41, 5.74) is 5.09. The summed E-state index contributed by atoms with van der Waals surface area (Å²) in [6, 6.07) is 3.36. The van der Waals surface area contributed by atoms with Crippen molar-refractivity contribution >= 4 is 0 Å². The molecule has 66 valence electrons. The first kappa shape index (κ1) is 9.03. The van der Waals surface area contributed by atoms with Crippen LogP contribution in [-0.4, -0.2) is 10.3 Å². The third-order valence-corrected chi connectivity index (χ3v) is 1.94. The van der Waals surface area contributed by atoms with E-state index in [-0.39, 0.29) is 5.75 Å². The van der Waals surface area contributed by atoms with Crippen LogP contribution in [0.25, 0.3) is 0 Å². The molecule has 1 rings (SSSR count). The van der Waals surface area contributed by atoms with Gasteiger partial charge in [0.2, 0.25) is 0 Å². The zero-order valence-corrected chi connectivity index (χ0v) is 7.26. The zero-order chi connectivity index (χ0) is 9.14. The van der Waals surface area contributed by atoms with Crippen molar-refractivity contribution in [3.63, 3.8) is 0 Å². The summed E-state index contributed by atoms with van der Waals surface area (Å²) < 4.78 is 0. The summed E-state index contributed by atoms with van der Waals surface area (Å²) in [6.07, 6.45) is 0. The van der Waals surface area contributed by atoms with Crippen LogP contribution in [0.3, 0.4) is 0 Å². The molecule has 3 nitrogen and oxygen atoms in total. The molecule has 0 atom stereocenters. The maximum atomic E-state index is 9.20. The van der Waals surface area contributed by atoms with Crippen LogP contribution < -0.4 is 5.48 Å². The molecule has 1 aromatic rings. The van der Waals surface area contributed by atoms with E-state index in [0.717, 1.165) is 16.7 Å². The van der Waals surface area contributed by atoms with E-state index in [2.05, 4.69) is 5.48 Å². The van der Waals surface area contributed by atoms with Gasteiger partial charge in [0.1, 0.15) is 5.75 Å². The summed E-state index contributed by atoms with van der Waals surface area (Å²) in [7, 11) is 0. The molecular weight excluding hydrogens is 154 g/mol. The molecule has 0 amide bonds. The monoisotopic (exact) mass is 167 g/mol. The molecule has 0 spiro atoms. The molecule has 0 bridgehead atoms. The van der Waals surface area contributed by atoms with Crippen LogP contribution in [0.1, 0.15) is 16.7 Å². The summed E-state index contributed by atoms with van der Waals surface area (Å²) in [5.74, 6) is 0.270. The average molecular weight is 167 g/mol. The second-order valence-electron chi connectivity index (χ2n) is 2.89. The molecule has 0 aliphatic rings. The van der Waals surface area contributed by atoms with Crippen LogP contribution in [0.2, 0.25) is 0 Å². The van der Waals surface area contributed by atoms with Crippen LogP contribution in [0.15, 0.2) is 12.1 Å². The molecule has 3 N–H and O–H groups in total. The van der Waals surface area contributed by atoms with Crippen LogP contribution in [0.5, 0.6) is 5.75 Å². The first-order valence-electron chi connectivity index (χ1n) is 3.81. The Hall–Kier alpha value is -1.06. The minimum absolute atomic E-state index is 0.270. The SMILES string of the molecule is Cc1cc(O)cc(C)c1CNO. The topological polar surface area (TPSA) is 52.5 Å². The number of phenolic OH excluding ortho intramolecular Hbond substituents is 1. The van der Waals surface area contributed by atoms with E-state index in [9.17, 15) is 5.11 Å². The van der Waals surface area contributed by atoms with Crippen LogP contribution in [0.4, 0.5) is 0 Å². The van der Waals surface area contributed by atoms with Gasteiger partial charge in [-0.15, -0.1) is 0 Å². The van der Waals surface area contributed by atoms with E-state index < -0.39 is 0 Å². The van der Waals surface area contributed by atoms with E-state index in [4.69, 9.17) is 5.21 Å². The summed E-state index contributed by atoms with van der Waals surface area (Å²) >= 11 is 0. The predicted octanol–water partition coefficient (Wildman–Crippen LogP) is 1.49. The number of rotatable bonds is 2. The second-order valence-corrected chi connectivity index (χ2v) is 2.89. The molecule has 0 fully saturated rings. The molecule has 0 aromatic heterocycles. The zero-order valence-electron chi connectivity index (χ0n) is 7.26. The Morgan fingerprint density at radius 2 is 1.75 bits per heavy atom. The standard InChI is InChI=1S/C9H13NO2/c1-6-3-8(11)4-7(2)9(6)5-10-12/h3-4,10-12H,5H2,1-2H3. The van der Waals surface area contributed by atoms with Gasteiger partial charge < -0.3 is 10.3 Å². The number of benzene rings is 1. The van der Waals surface area contributed by atoms with E-state index in [1.807, 2.05) is 13.8 Å². The molecule has 0 unspecified atom stereocenters. The molecule has 0 heterocycles. The van der Waals surface area contributed by atoms with Gasteiger partial charge in [0, 0.05) is 6.54 Å². The maximum absolute atomic E-state index is 9.20. The Morgan fingerprint density at radius 3 is 2.17 bits per heavy atom. The fourth-order valence-corrected chi connectivity index (χ4v) is 1.33. The van der Waals surface area contributed by atoms with Gasteiger partial charge in [-0.05, 0) is 42.7 Å². The van der Waals surface area contributed by atoms with Crippen LogP contribution in [0, 0.1) is 13.8 Å². The van der Waals surface area contributed by atoms with Gasteiger partial charge in [-0.1, -0.05) is 0 Å². The normalized spacial score (nSPS) is 10.2. The number of nitrogens with one attached hydrogen (secondary N) is 1. The Bertz CT molecular complexity index is 261. The number of hydrogen-bond donors (Lipinski definition) is 3. The Balaban J connectivity index is 3.10. The maximum Gasteiger partial charge on any atom is 0.116 e. The van der Waals surface area contributed by atoms with Gasteiger partial charge in [0.15, 0.2) is 0 Å². The highest BCUT2D eigenvalue weighted by Gasteiger charge is 2.03. The first-order chi connectivity index (χ1) is 5.65. The lowest BCUT2D eigenvalue weighted by molar-refractivity contribution is 0.161. The number of hydrogen-bond acceptors (Lipinski definition) is 3. The van der Waals surface area contributed by atoms with Crippen molar-refractivity contribution in [2.45, 2.75) is 20.4 Å². The van der Waals surface area contributed by atoms with Crippen molar-refractivity contribution in [2.75, 3.05) is 0 Å². The summed E-state index contributed by atoms with van der Waals surface area (Å²) in [4.78, 5) is 0. The molecule has 0 saturated heterocycles. The Labute approximate surface area is 71.6 Å². The van der Waals surface area contributed by atoms with Crippen molar-refractivity contribution in [2.24, 2.45) is 0 Å². The molecular formula is C9H13NO2. The van der Waals surface area contributed by atoms with E-state index >= 15 is 0 Å². The van der Waals surface area contributed by atoms with Gasteiger partial charge >= 0.3 is 0 Å². The largest absolute Gasteiger partial charge is 0.508 e. The highest BCUT2D eigenvalue weighted by Crippen LogP contribution is 2.20. The van der Waals surface area contributed by atoms with Crippen molar-refractivity contribution in [3.8, 4) is 5.75 Å². The van der Waals surface area contributed by atoms with Gasteiger partial charge in [-0.2, -0.15) is 0 Å².